The fourth-order valence-corrected chi connectivity index (χ4v) is 4.87. The summed E-state index contributed by atoms with van der Waals surface area (Å²) in [7, 11) is 1.59. The monoisotopic (exact) mass is 407 g/mol. The molecule has 4 rings (SSSR count). The van der Waals surface area contributed by atoms with Gasteiger partial charge in [0, 0.05) is 25.2 Å². The first-order valence-electron chi connectivity index (χ1n) is 10.5. The molecule has 30 heavy (non-hydrogen) atoms. The number of nitrogens with zero attached hydrogens (tertiary/aromatic N) is 1. The highest BCUT2D eigenvalue weighted by molar-refractivity contribution is 5.87. The molecular formula is C25H29NO4. The molecule has 5 heteroatoms. The summed E-state index contributed by atoms with van der Waals surface area (Å²) in [5.74, 6) is 2.53. The lowest BCUT2D eigenvalue weighted by Crippen LogP contribution is -2.38. The minimum atomic E-state index is -0.111. The zero-order valence-corrected chi connectivity index (χ0v) is 18.1. The third kappa shape index (κ3) is 3.70. The summed E-state index contributed by atoms with van der Waals surface area (Å²) in [5, 5.41) is 11.1. The number of phenolic OH excluding ortho intramolecular Hbond substituents is 1. The van der Waals surface area contributed by atoms with Gasteiger partial charge in [0.25, 0.3) is 0 Å². The largest absolute Gasteiger partial charge is 0.507 e. The van der Waals surface area contributed by atoms with Gasteiger partial charge < -0.3 is 14.3 Å². The van der Waals surface area contributed by atoms with Crippen LogP contribution in [0.3, 0.4) is 0 Å². The standard InChI is InChI=1S/C25H29NO4/c1-15-11-16(2)13-26(12-15)14-20-21(27)10-9-19-24(28)23(17(3)30-25(19)20)18-7-5-6-8-22(18)29-4/h5-10,15-16,27H,11-14H2,1-4H3. The van der Waals surface area contributed by atoms with Gasteiger partial charge in [0.15, 0.2) is 0 Å². The van der Waals surface area contributed by atoms with Crippen molar-refractivity contribution in [3.8, 4) is 22.6 Å². The van der Waals surface area contributed by atoms with Crippen molar-refractivity contribution < 1.29 is 14.3 Å². The number of para-hydroxylation sites is 1. The predicted octanol–water partition coefficient (Wildman–Crippen LogP) is 4.96. The highest BCUT2D eigenvalue weighted by atomic mass is 16.5. The van der Waals surface area contributed by atoms with Crippen LogP contribution in [-0.4, -0.2) is 30.2 Å². The first-order valence-corrected chi connectivity index (χ1v) is 10.5. The second-order valence-electron chi connectivity index (χ2n) is 8.64. The molecule has 1 aromatic heterocycles. The molecule has 2 aromatic carbocycles. The first-order chi connectivity index (χ1) is 14.4. The summed E-state index contributed by atoms with van der Waals surface area (Å²) in [4.78, 5) is 15.8. The van der Waals surface area contributed by atoms with Crippen molar-refractivity contribution in [3.05, 3.63) is 57.9 Å². The molecule has 1 N–H and O–H groups in total. The van der Waals surface area contributed by atoms with Gasteiger partial charge in [-0.05, 0) is 43.4 Å². The van der Waals surface area contributed by atoms with Gasteiger partial charge in [-0.15, -0.1) is 0 Å². The van der Waals surface area contributed by atoms with Gasteiger partial charge in [-0.25, -0.2) is 0 Å². The molecule has 2 atom stereocenters. The Morgan fingerprint density at radius 3 is 2.53 bits per heavy atom. The van der Waals surface area contributed by atoms with E-state index in [1.807, 2.05) is 24.3 Å². The number of fused-ring (bicyclic) bond motifs is 1. The average molecular weight is 408 g/mol. The maximum Gasteiger partial charge on any atom is 0.200 e. The van der Waals surface area contributed by atoms with Crippen molar-refractivity contribution in [2.75, 3.05) is 20.2 Å². The second kappa shape index (κ2) is 8.15. The number of phenols is 1. The van der Waals surface area contributed by atoms with Crippen LogP contribution in [0.1, 0.15) is 31.6 Å². The van der Waals surface area contributed by atoms with Gasteiger partial charge in [-0.1, -0.05) is 32.0 Å². The molecule has 3 aromatic rings. The Balaban J connectivity index is 1.84. The van der Waals surface area contributed by atoms with E-state index in [0.29, 0.717) is 57.5 Å². The Bertz CT molecular complexity index is 1120. The molecule has 0 amide bonds. The van der Waals surface area contributed by atoms with Gasteiger partial charge in [-0.3, -0.25) is 9.69 Å². The van der Waals surface area contributed by atoms with E-state index in [0.717, 1.165) is 13.1 Å². The zero-order chi connectivity index (χ0) is 21.4. The number of hydrogen-bond donors (Lipinski definition) is 1. The lowest BCUT2D eigenvalue weighted by molar-refractivity contribution is 0.133. The van der Waals surface area contributed by atoms with Gasteiger partial charge >= 0.3 is 0 Å². The van der Waals surface area contributed by atoms with E-state index in [1.165, 1.54) is 6.42 Å². The molecule has 0 radical (unpaired) electrons. The number of ether oxygens (including phenoxy) is 1. The van der Waals surface area contributed by atoms with Crippen LogP contribution in [0.5, 0.6) is 11.5 Å². The number of aryl methyl sites for hydroxylation is 1. The molecule has 0 spiro atoms. The van der Waals surface area contributed by atoms with Crippen molar-refractivity contribution in [2.45, 2.75) is 33.7 Å². The van der Waals surface area contributed by atoms with Crippen LogP contribution in [0.2, 0.25) is 0 Å². The molecule has 0 saturated carbocycles. The number of methoxy groups -OCH3 is 1. The minimum absolute atomic E-state index is 0.111. The molecule has 5 nitrogen and oxygen atoms in total. The molecule has 1 aliphatic rings. The summed E-state index contributed by atoms with van der Waals surface area (Å²) in [6.07, 6.45) is 1.22. The summed E-state index contributed by atoms with van der Waals surface area (Å²) < 4.78 is 11.7. The van der Waals surface area contributed by atoms with E-state index in [1.54, 1.807) is 26.2 Å². The Labute approximate surface area is 176 Å². The number of rotatable bonds is 4. The van der Waals surface area contributed by atoms with Crippen LogP contribution < -0.4 is 10.2 Å². The van der Waals surface area contributed by atoms with E-state index >= 15 is 0 Å². The second-order valence-corrected chi connectivity index (χ2v) is 8.64. The molecule has 1 aliphatic heterocycles. The zero-order valence-electron chi connectivity index (χ0n) is 18.1. The fourth-order valence-electron chi connectivity index (χ4n) is 4.87. The number of hydrogen-bond acceptors (Lipinski definition) is 5. The fraction of sp³-hybridized carbons (Fsp3) is 0.400. The number of benzene rings is 2. The molecule has 2 heterocycles. The summed E-state index contributed by atoms with van der Waals surface area (Å²) >= 11 is 0. The van der Waals surface area contributed by atoms with Gasteiger partial charge in [0.2, 0.25) is 5.43 Å². The highest BCUT2D eigenvalue weighted by Crippen LogP contribution is 2.35. The Morgan fingerprint density at radius 1 is 1.13 bits per heavy atom. The van der Waals surface area contributed by atoms with Crippen LogP contribution in [0.25, 0.3) is 22.1 Å². The third-order valence-electron chi connectivity index (χ3n) is 6.02. The van der Waals surface area contributed by atoms with Crippen molar-refractivity contribution in [1.82, 2.24) is 4.90 Å². The number of likely N-dealkylation sites (tertiary alicyclic amines) is 1. The number of aromatic hydroxyl groups is 1. The van der Waals surface area contributed by atoms with E-state index in [9.17, 15) is 9.90 Å². The van der Waals surface area contributed by atoms with Crippen molar-refractivity contribution >= 4 is 11.0 Å². The lowest BCUT2D eigenvalue weighted by atomic mass is 9.91. The molecule has 2 unspecified atom stereocenters. The topological polar surface area (TPSA) is 62.9 Å². The van der Waals surface area contributed by atoms with Crippen LogP contribution in [-0.2, 0) is 6.54 Å². The molecule has 1 fully saturated rings. The van der Waals surface area contributed by atoms with E-state index < -0.39 is 0 Å². The molecule has 158 valence electrons. The van der Waals surface area contributed by atoms with Crippen LogP contribution in [0.4, 0.5) is 0 Å². The van der Waals surface area contributed by atoms with Crippen molar-refractivity contribution in [2.24, 2.45) is 11.8 Å². The van der Waals surface area contributed by atoms with Crippen LogP contribution in [0.15, 0.2) is 45.6 Å². The maximum absolute atomic E-state index is 13.5. The predicted molar refractivity (Wildman–Crippen MR) is 119 cm³/mol. The highest BCUT2D eigenvalue weighted by Gasteiger charge is 2.25. The Kier molecular flexibility index (Phi) is 5.56. The molecule has 0 aliphatic carbocycles. The summed E-state index contributed by atoms with van der Waals surface area (Å²) in [6.45, 7) is 8.83. The minimum Gasteiger partial charge on any atom is -0.507 e. The Morgan fingerprint density at radius 2 is 1.83 bits per heavy atom. The van der Waals surface area contributed by atoms with E-state index in [2.05, 4.69) is 18.7 Å². The van der Waals surface area contributed by atoms with Crippen LogP contribution in [0, 0.1) is 18.8 Å². The lowest BCUT2D eigenvalue weighted by Gasteiger charge is -2.35. The average Bonchev–Trinajstić information content (AvgIpc) is 2.70. The third-order valence-corrected chi connectivity index (χ3v) is 6.02. The first kappa shape index (κ1) is 20.5. The summed E-state index contributed by atoms with van der Waals surface area (Å²) in [6, 6.07) is 10.7. The molecule has 1 saturated heterocycles. The van der Waals surface area contributed by atoms with E-state index in [-0.39, 0.29) is 11.2 Å². The van der Waals surface area contributed by atoms with Crippen LogP contribution >= 0.6 is 0 Å². The van der Waals surface area contributed by atoms with Crippen molar-refractivity contribution in [1.29, 1.82) is 0 Å². The smallest absolute Gasteiger partial charge is 0.200 e. The summed E-state index contributed by atoms with van der Waals surface area (Å²) in [5.41, 5.74) is 2.25. The Hall–Kier alpha value is -2.79. The maximum atomic E-state index is 13.5. The molecule has 0 bridgehead atoms. The van der Waals surface area contributed by atoms with Crippen molar-refractivity contribution in [3.63, 3.8) is 0 Å². The van der Waals surface area contributed by atoms with Gasteiger partial charge in [-0.2, -0.15) is 0 Å². The SMILES string of the molecule is COc1ccccc1-c1c(C)oc2c(CN3CC(C)CC(C)C3)c(O)ccc2c1=O. The quantitative estimate of drug-likeness (QED) is 0.662. The van der Waals surface area contributed by atoms with Gasteiger partial charge in [0.05, 0.1) is 23.6 Å². The van der Waals surface area contributed by atoms with E-state index in [4.69, 9.17) is 9.15 Å². The van der Waals surface area contributed by atoms with Gasteiger partial charge in [0.1, 0.15) is 22.8 Å². The number of piperidine rings is 1. The molecular weight excluding hydrogens is 378 g/mol. The normalized spacial score (nSPS) is 19.9.